The Bertz CT molecular complexity index is 1830. The molecule has 2 aliphatic heterocycles. The van der Waals surface area contributed by atoms with E-state index in [4.69, 9.17) is 9.47 Å². The Morgan fingerprint density at radius 3 is 2.33 bits per heavy atom. The molecule has 7 rings (SSSR count). The molecule has 2 aliphatic carbocycles. The molecule has 12 heteroatoms. The highest BCUT2D eigenvalue weighted by atomic mass is 32.2. The lowest BCUT2D eigenvalue weighted by molar-refractivity contribution is -0.194. The van der Waals surface area contributed by atoms with E-state index in [1.807, 2.05) is 52.0 Å². The summed E-state index contributed by atoms with van der Waals surface area (Å²) in [7, 11) is -4.14. The lowest BCUT2D eigenvalue weighted by atomic mass is 9.52. The maximum Gasteiger partial charge on any atom is 0.394 e. The first-order valence-electron chi connectivity index (χ1n) is 18.3. The molecule has 1 aromatic heterocycles. The van der Waals surface area contributed by atoms with E-state index in [0.29, 0.717) is 12.3 Å². The quantitative estimate of drug-likeness (QED) is 0.250. The number of halogens is 3. The lowest BCUT2D eigenvalue weighted by Crippen LogP contribution is -2.50. The van der Waals surface area contributed by atoms with E-state index in [1.165, 1.54) is 6.07 Å². The molecule has 0 radical (unpaired) electrons. The van der Waals surface area contributed by atoms with Gasteiger partial charge in [0.15, 0.2) is 0 Å². The smallest absolute Gasteiger partial charge is 0.394 e. The molecular formula is C39H49F3N4O4S. The summed E-state index contributed by atoms with van der Waals surface area (Å²) in [5.41, 5.74) is 2.31. The molecule has 1 N–H and O–H groups in total. The summed E-state index contributed by atoms with van der Waals surface area (Å²) in [4.78, 5) is 11.5. The number of anilines is 1. The number of nitrogens with zero attached hydrogens (tertiary/aromatic N) is 3. The van der Waals surface area contributed by atoms with Gasteiger partial charge in [-0.1, -0.05) is 30.3 Å². The van der Waals surface area contributed by atoms with Crippen LogP contribution in [-0.2, 0) is 14.8 Å². The summed E-state index contributed by atoms with van der Waals surface area (Å²) >= 11 is 0. The number of aromatic nitrogens is 2. The van der Waals surface area contributed by atoms with E-state index in [0.717, 1.165) is 67.6 Å². The maximum absolute atomic E-state index is 14.6. The third kappa shape index (κ3) is 7.51. The van der Waals surface area contributed by atoms with Crippen molar-refractivity contribution in [3.05, 3.63) is 65.2 Å². The SMILES string of the molecule is Cc1cccc(C)c1-c1cc2nc(n1)NS(=O)(=O)c1cccc(c1)C(C1CC3(CCN(CCOC(C)C)CC3)C1)[C@H](CC1(C(F)(F)F)CC1)CO2. The minimum absolute atomic E-state index is 0.0231. The number of hydrogen-bond acceptors (Lipinski definition) is 7. The van der Waals surface area contributed by atoms with Gasteiger partial charge in [-0.25, -0.2) is 18.1 Å². The van der Waals surface area contributed by atoms with Gasteiger partial charge in [0.2, 0.25) is 11.8 Å². The van der Waals surface area contributed by atoms with Crippen LogP contribution >= 0.6 is 0 Å². The van der Waals surface area contributed by atoms with Gasteiger partial charge in [-0.2, -0.15) is 18.2 Å². The predicted octanol–water partition coefficient (Wildman–Crippen LogP) is 8.30. The Labute approximate surface area is 299 Å². The summed E-state index contributed by atoms with van der Waals surface area (Å²) in [6.45, 7) is 11.5. The number of nitrogens with one attached hydrogen (secondary N) is 1. The van der Waals surface area contributed by atoms with Crippen LogP contribution in [0.5, 0.6) is 5.88 Å². The minimum Gasteiger partial charge on any atom is -0.477 e. The summed E-state index contributed by atoms with van der Waals surface area (Å²) in [5.74, 6) is -0.761. The fraction of sp³-hybridized carbons (Fsp3) is 0.590. The largest absolute Gasteiger partial charge is 0.477 e. The van der Waals surface area contributed by atoms with Crippen LogP contribution in [0.2, 0.25) is 0 Å². The minimum atomic E-state index is -4.33. The van der Waals surface area contributed by atoms with Crippen LogP contribution in [-0.4, -0.2) is 68.4 Å². The van der Waals surface area contributed by atoms with Gasteiger partial charge >= 0.3 is 6.18 Å². The number of ether oxygens (including phenoxy) is 2. The Balaban J connectivity index is 1.23. The third-order valence-electron chi connectivity index (χ3n) is 12.0. The monoisotopic (exact) mass is 726 g/mol. The fourth-order valence-corrected chi connectivity index (χ4v) is 10.0. The van der Waals surface area contributed by atoms with E-state index in [1.54, 1.807) is 18.2 Å². The van der Waals surface area contributed by atoms with Crippen molar-refractivity contribution in [3.63, 3.8) is 0 Å². The summed E-state index contributed by atoms with van der Waals surface area (Å²) < 4.78 is 86.3. The van der Waals surface area contributed by atoms with Crippen LogP contribution < -0.4 is 9.46 Å². The van der Waals surface area contributed by atoms with E-state index in [-0.39, 0.29) is 65.9 Å². The highest BCUT2D eigenvalue weighted by Gasteiger charge is 2.64. The van der Waals surface area contributed by atoms with E-state index < -0.39 is 27.5 Å². The van der Waals surface area contributed by atoms with Gasteiger partial charge in [-0.3, -0.25) is 0 Å². The Morgan fingerprint density at radius 2 is 1.69 bits per heavy atom. The molecule has 276 valence electrons. The third-order valence-corrected chi connectivity index (χ3v) is 13.3. The van der Waals surface area contributed by atoms with Gasteiger partial charge in [0.25, 0.3) is 10.0 Å². The molecule has 2 aromatic carbocycles. The Morgan fingerprint density at radius 1 is 1.00 bits per heavy atom. The van der Waals surface area contributed by atoms with Crippen molar-refractivity contribution in [1.82, 2.24) is 14.9 Å². The molecule has 3 fully saturated rings. The molecule has 3 aromatic rings. The fourth-order valence-electron chi connectivity index (χ4n) is 9.01. The van der Waals surface area contributed by atoms with Gasteiger partial charge in [-0.05, 0) is 132 Å². The van der Waals surface area contributed by atoms with E-state index in [9.17, 15) is 21.6 Å². The number of benzene rings is 2. The number of alkyl halides is 3. The molecule has 2 saturated carbocycles. The van der Waals surface area contributed by atoms with Crippen molar-refractivity contribution < 1.29 is 31.1 Å². The molecule has 51 heavy (non-hydrogen) atoms. The van der Waals surface area contributed by atoms with Crippen LogP contribution in [0, 0.1) is 36.5 Å². The standard InChI is InChI=1S/C39H49F3N4O4S/c1-25(2)49-18-17-46-15-13-37(14-16-46)21-29(22-37)35-28-9-6-10-31(19-28)51(47,48)45-36-43-32(34-26(3)7-5-8-27(34)4)20-33(44-36)50-24-30(35)23-38(11-12-38)39(40,41)42/h5-10,19-20,25,29-30,35H,11-18,21-24H2,1-4H3,(H,43,44,45)/t30-,35?/m1/s1. The van der Waals surface area contributed by atoms with Crippen molar-refractivity contribution in [2.45, 2.75) is 95.7 Å². The van der Waals surface area contributed by atoms with Crippen LogP contribution in [0.4, 0.5) is 19.1 Å². The van der Waals surface area contributed by atoms with Crippen LogP contribution in [0.3, 0.4) is 0 Å². The predicted molar refractivity (Wildman–Crippen MR) is 190 cm³/mol. The van der Waals surface area contributed by atoms with Gasteiger partial charge < -0.3 is 14.4 Å². The van der Waals surface area contributed by atoms with Gasteiger partial charge in [0, 0.05) is 24.1 Å². The highest BCUT2D eigenvalue weighted by molar-refractivity contribution is 7.92. The molecule has 1 unspecified atom stereocenters. The lowest BCUT2D eigenvalue weighted by Gasteiger charge is -2.56. The van der Waals surface area contributed by atoms with Crippen molar-refractivity contribution in [1.29, 1.82) is 0 Å². The molecule has 1 saturated heterocycles. The van der Waals surface area contributed by atoms with E-state index >= 15 is 0 Å². The molecule has 0 amide bonds. The number of aryl methyl sites for hydroxylation is 2. The van der Waals surface area contributed by atoms with Crippen LogP contribution in [0.15, 0.2) is 53.4 Å². The number of sulfonamides is 1. The molecule has 4 aliphatic rings. The van der Waals surface area contributed by atoms with Crippen LogP contribution in [0.1, 0.15) is 81.4 Å². The molecule has 2 atom stereocenters. The van der Waals surface area contributed by atoms with Crippen molar-refractivity contribution in [2.75, 3.05) is 37.6 Å². The number of fused-ring (bicyclic) bond motifs is 4. The Hall–Kier alpha value is -3.22. The molecular weight excluding hydrogens is 678 g/mol. The zero-order valence-electron chi connectivity index (χ0n) is 29.9. The summed E-state index contributed by atoms with van der Waals surface area (Å²) in [6, 6.07) is 14.2. The number of likely N-dealkylation sites (tertiary alicyclic amines) is 1. The van der Waals surface area contributed by atoms with Crippen molar-refractivity contribution in [3.8, 4) is 17.1 Å². The Kier molecular flexibility index (Phi) is 9.67. The highest BCUT2D eigenvalue weighted by Crippen LogP contribution is 2.65. The second kappa shape index (κ2) is 13.6. The van der Waals surface area contributed by atoms with Crippen molar-refractivity contribution >= 4 is 16.0 Å². The first kappa shape index (κ1) is 36.2. The zero-order chi connectivity index (χ0) is 36.2. The molecule has 1 spiro atoms. The summed E-state index contributed by atoms with van der Waals surface area (Å²) in [6.07, 6.45) is -0.159. The van der Waals surface area contributed by atoms with E-state index in [2.05, 4.69) is 19.6 Å². The second-order valence-corrected chi connectivity index (χ2v) is 17.6. The number of piperidine rings is 1. The second-order valence-electron chi connectivity index (χ2n) is 15.9. The topological polar surface area (TPSA) is 93.7 Å². The zero-order valence-corrected chi connectivity index (χ0v) is 30.7. The average molecular weight is 727 g/mol. The first-order valence-corrected chi connectivity index (χ1v) is 19.8. The summed E-state index contributed by atoms with van der Waals surface area (Å²) in [5, 5.41) is 0. The number of hydrogen-bond donors (Lipinski definition) is 1. The molecule has 3 heterocycles. The number of rotatable bonds is 8. The van der Waals surface area contributed by atoms with Crippen LogP contribution in [0.25, 0.3) is 11.3 Å². The van der Waals surface area contributed by atoms with Gasteiger partial charge in [0.05, 0.1) is 35.3 Å². The molecule has 8 nitrogen and oxygen atoms in total. The maximum atomic E-state index is 14.6. The van der Waals surface area contributed by atoms with Gasteiger partial charge in [-0.15, -0.1) is 0 Å². The first-order chi connectivity index (χ1) is 24.2. The molecule has 4 bridgehead atoms. The normalized spacial score (nSPS) is 24.2. The van der Waals surface area contributed by atoms with Gasteiger partial charge in [0.1, 0.15) is 0 Å². The average Bonchev–Trinajstić information content (AvgIpc) is 3.84. The van der Waals surface area contributed by atoms with Crippen molar-refractivity contribution in [2.24, 2.45) is 22.7 Å².